The predicted molar refractivity (Wildman–Crippen MR) is 113 cm³/mol. The number of aromatic nitrogens is 2. The van der Waals surface area contributed by atoms with Crippen molar-refractivity contribution in [3.05, 3.63) is 18.2 Å². The molecule has 1 saturated carbocycles. The molecule has 4 aliphatic rings. The van der Waals surface area contributed by atoms with Gasteiger partial charge in [-0.1, -0.05) is 12.8 Å². The first-order valence-corrected chi connectivity index (χ1v) is 11.9. The Morgan fingerprint density at radius 1 is 1.17 bits per heavy atom. The fourth-order valence-corrected chi connectivity index (χ4v) is 6.55. The summed E-state index contributed by atoms with van der Waals surface area (Å²) in [4.78, 5) is 34.9. The number of piperidine rings is 3. The lowest BCUT2D eigenvalue weighted by atomic mass is 9.72. The molecule has 0 aromatic carbocycles. The molecule has 4 heterocycles. The van der Waals surface area contributed by atoms with E-state index in [4.69, 9.17) is 0 Å². The fourth-order valence-electron chi connectivity index (χ4n) is 6.55. The number of hydrogen-bond acceptors (Lipinski definition) is 4. The summed E-state index contributed by atoms with van der Waals surface area (Å²) in [5.74, 6) is 2.74. The smallest absolute Gasteiger partial charge is 0.223 e. The second kappa shape index (κ2) is 8.33. The van der Waals surface area contributed by atoms with Crippen molar-refractivity contribution in [2.75, 3.05) is 19.6 Å². The first kappa shape index (κ1) is 20.0. The van der Waals surface area contributed by atoms with Crippen LogP contribution in [0, 0.1) is 17.8 Å². The second-order valence-electron chi connectivity index (χ2n) is 9.96. The van der Waals surface area contributed by atoms with Gasteiger partial charge >= 0.3 is 0 Å². The number of aryl methyl sites for hydroxylation is 1. The molecule has 4 atom stereocenters. The van der Waals surface area contributed by atoms with Crippen LogP contribution in [0.3, 0.4) is 0 Å². The van der Waals surface area contributed by atoms with Crippen LogP contribution in [-0.2, 0) is 23.2 Å². The standard InChI is InChI=1S/C23H35N5O2/c1-26-10-9-24-21(26)15-27-13-17-11-18(14-27)20(28-19(17)7-4-8-22(28)29)12-25-23(30)16-5-2-3-6-16/h9-10,16-20H,2-8,11-15H2,1H3,(H,25,30)/t17-,18+,19+,20+/m1/s1. The van der Waals surface area contributed by atoms with Gasteiger partial charge in [0, 0.05) is 57.5 Å². The number of hydrogen-bond donors (Lipinski definition) is 1. The van der Waals surface area contributed by atoms with Crippen molar-refractivity contribution in [3.63, 3.8) is 0 Å². The van der Waals surface area contributed by atoms with Gasteiger partial charge < -0.3 is 14.8 Å². The van der Waals surface area contributed by atoms with Gasteiger partial charge in [0.1, 0.15) is 5.82 Å². The number of nitrogens with zero attached hydrogens (tertiary/aromatic N) is 4. The van der Waals surface area contributed by atoms with Crippen LogP contribution in [0.15, 0.2) is 12.4 Å². The van der Waals surface area contributed by atoms with Crippen LogP contribution in [-0.4, -0.2) is 62.9 Å². The predicted octanol–water partition coefficient (Wildman–Crippen LogP) is 1.93. The molecule has 3 saturated heterocycles. The average molecular weight is 414 g/mol. The van der Waals surface area contributed by atoms with Crippen molar-refractivity contribution in [2.45, 2.75) is 70.0 Å². The molecule has 1 N–H and O–H groups in total. The van der Waals surface area contributed by atoms with E-state index in [-0.39, 0.29) is 17.9 Å². The Balaban J connectivity index is 1.32. The third kappa shape index (κ3) is 3.77. The Kier molecular flexibility index (Phi) is 5.56. The van der Waals surface area contributed by atoms with E-state index in [1.807, 2.05) is 12.4 Å². The topological polar surface area (TPSA) is 70.5 Å². The van der Waals surface area contributed by atoms with Crippen molar-refractivity contribution in [2.24, 2.45) is 24.8 Å². The fraction of sp³-hybridized carbons (Fsp3) is 0.783. The summed E-state index contributed by atoms with van der Waals surface area (Å²) in [6, 6.07) is 0.466. The maximum Gasteiger partial charge on any atom is 0.223 e. The van der Waals surface area contributed by atoms with Crippen LogP contribution in [0.5, 0.6) is 0 Å². The number of imidazole rings is 1. The van der Waals surface area contributed by atoms with E-state index in [0.29, 0.717) is 36.8 Å². The van der Waals surface area contributed by atoms with Gasteiger partial charge in [0.05, 0.1) is 12.6 Å². The zero-order chi connectivity index (χ0) is 20.7. The van der Waals surface area contributed by atoms with E-state index in [9.17, 15) is 9.59 Å². The Morgan fingerprint density at radius 3 is 2.73 bits per heavy atom. The summed E-state index contributed by atoms with van der Waals surface area (Å²) in [5.41, 5.74) is 0. The van der Waals surface area contributed by atoms with Crippen LogP contribution < -0.4 is 5.32 Å². The molecule has 7 nitrogen and oxygen atoms in total. The van der Waals surface area contributed by atoms with Gasteiger partial charge in [-0.05, 0) is 43.9 Å². The highest BCUT2D eigenvalue weighted by molar-refractivity contribution is 5.80. The van der Waals surface area contributed by atoms with Crippen LogP contribution in [0.25, 0.3) is 0 Å². The number of carbonyl (C=O) groups excluding carboxylic acids is 2. The largest absolute Gasteiger partial charge is 0.354 e. The molecule has 2 bridgehead atoms. The lowest BCUT2D eigenvalue weighted by Crippen LogP contribution is -2.67. The lowest BCUT2D eigenvalue weighted by molar-refractivity contribution is -0.153. The zero-order valence-corrected chi connectivity index (χ0v) is 18.1. The molecule has 5 rings (SSSR count). The molecule has 1 aromatic rings. The number of rotatable bonds is 5. The van der Waals surface area contributed by atoms with E-state index in [1.165, 1.54) is 19.3 Å². The number of fused-ring (bicyclic) bond motifs is 4. The number of likely N-dealkylation sites (tertiary alicyclic amines) is 1. The van der Waals surface area contributed by atoms with Crippen LogP contribution in [0.4, 0.5) is 0 Å². The van der Waals surface area contributed by atoms with Crippen molar-refractivity contribution in [3.8, 4) is 0 Å². The highest BCUT2D eigenvalue weighted by Crippen LogP contribution is 2.41. The van der Waals surface area contributed by atoms with Crippen molar-refractivity contribution < 1.29 is 9.59 Å². The highest BCUT2D eigenvalue weighted by atomic mass is 16.2. The molecule has 0 unspecified atom stereocenters. The minimum Gasteiger partial charge on any atom is -0.354 e. The summed E-state index contributed by atoms with van der Waals surface area (Å²) in [6.45, 7) is 3.49. The molecule has 3 aliphatic heterocycles. The third-order valence-corrected chi connectivity index (χ3v) is 8.07. The molecule has 0 spiro atoms. The molecule has 1 aliphatic carbocycles. The van der Waals surface area contributed by atoms with E-state index >= 15 is 0 Å². The minimum atomic E-state index is 0.133. The first-order chi connectivity index (χ1) is 14.6. The van der Waals surface area contributed by atoms with Crippen LogP contribution in [0.2, 0.25) is 0 Å². The average Bonchev–Trinajstić information content (AvgIpc) is 3.41. The summed E-state index contributed by atoms with van der Waals surface area (Å²) in [6.07, 6.45) is 12.2. The van der Waals surface area contributed by atoms with E-state index in [1.54, 1.807) is 0 Å². The van der Waals surface area contributed by atoms with E-state index in [0.717, 1.165) is 51.1 Å². The summed E-state index contributed by atoms with van der Waals surface area (Å²) < 4.78 is 2.10. The first-order valence-electron chi connectivity index (χ1n) is 11.9. The zero-order valence-electron chi connectivity index (χ0n) is 18.1. The maximum absolute atomic E-state index is 12.9. The highest BCUT2D eigenvalue weighted by Gasteiger charge is 2.49. The van der Waals surface area contributed by atoms with Crippen molar-refractivity contribution in [1.82, 2.24) is 24.7 Å². The normalized spacial score (nSPS) is 32.3. The number of amides is 2. The summed E-state index contributed by atoms with van der Waals surface area (Å²) >= 11 is 0. The molecule has 7 heteroatoms. The SMILES string of the molecule is Cn1ccnc1CN1C[C@H]2C[C@@H](C1)[C@H](CNC(=O)C1CCCC1)N1C(=O)CCC[C@@H]21. The Hall–Kier alpha value is -1.89. The van der Waals surface area contributed by atoms with Crippen molar-refractivity contribution in [1.29, 1.82) is 0 Å². The lowest BCUT2D eigenvalue weighted by Gasteiger charge is -2.56. The molecule has 2 amide bonds. The molecule has 4 fully saturated rings. The van der Waals surface area contributed by atoms with Crippen LogP contribution >= 0.6 is 0 Å². The van der Waals surface area contributed by atoms with Gasteiger partial charge in [-0.3, -0.25) is 14.5 Å². The monoisotopic (exact) mass is 413 g/mol. The minimum absolute atomic E-state index is 0.133. The van der Waals surface area contributed by atoms with Gasteiger partial charge in [0.2, 0.25) is 11.8 Å². The van der Waals surface area contributed by atoms with E-state index in [2.05, 4.69) is 31.7 Å². The molecule has 1 aromatic heterocycles. The maximum atomic E-state index is 12.9. The molecule has 164 valence electrons. The summed E-state index contributed by atoms with van der Waals surface area (Å²) in [5, 5.41) is 3.25. The molecular formula is C23H35N5O2. The Labute approximate surface area is 179 Å². The number of carbonyl (C=O) groups is 2. The molecule has 30 heavy (non-hydrogen) atoms. The van der Waals surface area contributed by atoms with Crippen molar-refractivity contribution >= 4 is 11.8 Å². The van der Waals surface area contributed by atoms with Gasteiger partial charge in [-0.2, -0.15) is 0 Å². The van der Waals surface area contributed by atoms with Crippen LogP contribution in [0.1, 0.15) is 57.2 Å². The Morgan fingerprint density at radius 2 is 1.97 bits per heavy atom. The van der Waals surface area contributed by atoms with Gasteiger partial charge in [0.15, 0.2) is 0 Å². The number of nitrogens with one attached hydrogen (secondary N) is 1. The molecular weight excluding hydrogens is 378 g/mol. The Bertz CT molecular complexity index is 786. The molecule has 0 radical (unpaired) electrons. The third-order valence-electron chi connectivity index (χ3n) is 8.07. The van der Waals surface area contributed by atoms with E-state index < -0.39 is 0 Å². The van der Waals surface area contributed by atoms with Gasteiger partial charge in [-0.25, -0.2) is 4.98 Å². The quantitative estimate of drug-likeness (QED) is 0.801. The van der Waals surface area contributed by atoms with Gasteiger partial charge in [0.25, 0.3) is 0 Å². The summed E-state index contributed by atoms with van der Waals surface area (Å²) in [7, 11) is 2.05. The van der Waals surface area contributed by atoms with Gasteiger partial charge in [-0.15, -0.1) is 0 Å². The second-order valence-corrected chi connectivity index (χ2v) is 9.96.